The molecular weight excluding hydrogens is 248 g/mol. The molecular formula is C8H10N4O4S. The van der Waals surface area contributed by atoms with E-state index in [2.05, 4.69) is 20.3 Å². The number of thiazole rings is 1. The highest BCUT2D eigenvalue weighted by Crippen LogP contribution is 2.15. The maximum absolute atomic E-state index is 10.9. The number of aliphatic carboxylic acids is 1. The zero-order valence-electron chi connectivity index (χ0n) is 8.62. The molecule has 92 valence electrons. The van der Waals surface area contributed by atoms with Gasteiger partial charge in [0.05, 0.1) is 0 Å². The van der Waals surface area contributed by atoms with Crippen molar-refractivity contribution in [3.05, 3.63) is 11.1 Å². The Morgan fingerprint density at radius 3 is 3.12 bits per heavy atom. The Kier molecular flexibility index (Phi) is 5.04. The molecule has 0 saturated carbocycles. The molecule has 1 aromatic heterocycles. The van der Waals surface area contributed by atoms with Gasteiger partial charge in [0, 0.05) is 11.9 Å². The second kappa shape index (κ2) is 6.55. The van der Waals surface area contributed by atoms with Gasteiger partial charge in [0.1, 0.15) is 12.3 Å². The van der Waals surface area contributed by atoms with Crippen molar-refractivity contribution in [1.82, 2.24) is 4.98 Å². The molecule has 17 heavy (non-hydrogen) atoms. The highest BCUT2D eigenvalue weighted by atomic mass is 32.1. The number of carboxylic acid groups (broad SMARTS) is 1. The van der Waals surface area contributed by atoms with E-state index in [0.717, 1.165) is 11.3 Å². The number of carbonyl (C=O) groups excluding carboxylic acids is 1. The summed E-state index contributed by atoms with van der Waals surface area (Å²) in [6.07, 6.45) is 0.450. The zero-order valence-corrected chi connectivity index (χ0v) is 9.44. The summed E-state index contributed by atoms with van der Waals surface area (Å²) < 4.78 is 0. The number of nitrogens with two attached hydrogens (primary N) is 1. The van der Waals surface area contributed by atoms with Crippen molar-refractivity contribution >= 4 is 34.6 Å². The lowest BCUT2D eigenvalue weighted by Crippen LogP contribution is -2.16. The summed E-state index contributed by atoms with van der Waals surface area (Å²) in [4.78, 5) is 29.6. The Morgan fingerprint density at radius 1 is 1.76 bits per heavy atom. The number of anilines is 1. The summed E-state index contributed by atoms with van der Waals surface area (Å²) in [7, 11) is 0. The molecule has 0 aromatic carbocycles. The number of oxime groups is 1. The van der Waals surface area contributed by atoms with Gasteiger partial charge in [-0.25, -0.2) is 9.78 Å². The van der Waals surface area contributed by atoms with Crippen LogP contribution in [0.2, 0.25) is 0 Å². The molecule has 0 bridgehead atoms. The predicted molar refractivity (Wildman–Crippen MR) is 61.0 cm³/mol. The highest BCUT2D eigenvalue weighted by molar-refractivity contribution is 7.14. The van der Waals surface area contributed by atoms with Crippen LogP contribution in [-0.2, 0) is 14.4 Å². The van der Waals surface area contributed by atoms with Gasteiger partial charge >= 0.3 is 5.97 Å². The van der Waals surface area contributed by atoms with Crippen LogP contribution in [0.25, 0.3) is 0 Å². The Bertz CT molecular complexity index is 431. The van der Waals surface area contributed by atoms with Crippen molar-refractivity contribution in [3.8, 4) is 0 Å². The third-order valence-corrected chi connectivity index (χ3v) is 2.27. The standard InChI is InChI=1S/C8H10N4O4S/c9-1-2-16-12-6(7(14)15)5-3-17-8(11-5)10-4-13/h3-4H,1-2,9H2,(H,14,15)(H,10,11,13)/b12-6+. The molecule has 9 heteroatoms. The molecule has 0 unspecified atom stereocenters. The van der Waals surface area contributed by atoms with E-state index >= 15 is 0 Å². The molecule has 1 aromatic rings. The number of hydrogen-bond donors (Lipinski definition) is 3. The molecule has 0 aliphatic rings. The number of rotatable bonds is 7. The number of nitrogens with zero attached hydrogens (tertiary/aromatic N) is 2. The van der Waals surface area contributed by atoms with E-state index in [1.54, 1.807) is 0 Å². The number of amides is 1. The van der Waals surface area contributed by atoms with Crippen LogP contribution >= 0.6 is 11.3 Å². The third kappa shape index (κ3) is 3.81. The quantitative estimate of drug-likeness (QED) is 0.261. The zero-order chi connectivity index (χ0) is 12.7. The van der Waals surface area contributed by atoms with E-state index in [1.807, 2.05) is 0 Å². The molecule has 0 aliphatic carbocycles. The van der Waals surface area contributed by atoms with Crippen LogP contribution in [0.15, 0.2) is 10.5 Å². The maximum atomic E-state index is 10.9. The Labute approximate surface area is 100 Å². The first-order valence-corrected chi connectivity index (χ1v) is 5.36. The van der Waals surface area contributed by atoms with Crippen molar-refractivity contribution in [3.63, 3.8) is 0 Å². The second-order valence-corrected chi connectivity index (χ2v) is 3.53. The number of aromatic nitrogens is 1. The number of nitrogens with one attached hydrogen (secondary N) is 1. The Balaban J connectivity index is 2.85. The van der Waals surface area contributed by atoms with Gasteiger partial charge in [0.2, 0.25) is 12.1 Å². The van der Waals surface area contributed by atoms with Gasteiger partial charge in [-0.3, -0.25) is 4.79 Å². The van der Waals surface area contributed by atoms with Crippen molar-refractivity contribution in [2.75, 3.05) is 18.5 Å². The lowest BCUT2D eigenvalue weighted by molar-refractivity contribution is -0.129. The summed E-state index contributed by atoms with van der Waals surface area (Å²) >= 11 is 1.08. The maximum Gasteiger partial charge on any atom is 0.360 e. The number of carbonyl (C=O) groups is 2. The molecule has 1 rings (SSSR count). The number of hydrogen-bond acceptors (Lipinski definition) is 7. The van der Waals surface area contributed by atoms with Crippen molar-refractivity contribution in [1.29, 1.82) is 0 Å². The Morgan fingerprint density at radius 2 is 2.53 bits per heavy atom. The van der Waals surface area contributed by atoms with Gasteiger partial charge in [-0.1, -0.05) is 5.16 Å². The third-order valence-electron chi connectivity index (χ3n) is 1.50. The lowest BCUT2D eigenvalue weighted by Gasteiger charge is -1.98. The van der Waals surface area contributed by atoms with Crippen LogP contribution in [0.3, 0.4) is 0 Å². The van der Waals surface area contributed by atoms with Gasteiger partial charge in [-0.2, -0.15) is 0 Å². The largest absolute Gasteiger partial charge is 0.476 e. The molecule has 4 N–H and O–H groups in total. The van der Waals surface area contributed by atoms with Crippen molar-refractivity contribution in [2.45, 2.75) is 0 Å². The van der Waals surface area contributed by atoms with Gasteiger partial charge in [-0.05, 0) is 0 Å². The van der Waals surface area contributed by atoms with E-state index in [0.29, 0.717) is 6.41 Å². The first-order chi connectivity index (χ1) is 8.19. The summed E-state index contributed by atoms with van der Waals surface area (Å²) in [5.74, 6) is -1.27. The van der Waals surface area contributed by atoms with E-state index < -0.39 is 5.97 Å². The van der Waals surface area contributed by atoms with Crippen LogP contribution < -0.4 is 11.1 Å². The predicted octanol–water partition coefficient (Wildman–Crippen LogP) is -0.525. The fourth-order valence-corrected chi connectivity index (χ4v) is 1.51. The minimum Gasteiger partial charge on any atom is -0.476 e. The molecule has 0 saturated heterocycles. The summed E-state index contributed by atoms with van der Waals surface area (Å²) in [6.45, 7) is 0.339. The van der Waals surface area contributed by atoms with Crippen LogP contribution in [-0.4, -0.2) is 41.3 Å². The molecule has 0 fully saturated rings. The van der Waals surface area contributed by atoms with E-state index in [9.17, 15) is 9.59 Å². The second-order valence-electron chi connectivity index (χ2n) is 2.67. The highest BCUT2D eigenvalue weighted by Gasteiger charge is 2.17. The molecule has 0 spiro atoms. The average molecular weight is 258 g/mol. The van der Waals surface area contributed by atoms with Gasteiger partial charge in [-0.15, -0.1) is 11.3 Å². The van der Waals surface area contributed by atoms with Crippen LogP contribution in [0.1, 0.15) is 5.69 Å². The molecule has 1 amide bonds. The molecule has 0 radical (unpaired) electrons. The molecule has 0 atom stereocenters. The first kappa shape index (κ1) is 13.1. The van der Waals surface area contributed by atoms with Crippen molar-refractivity contribution < 1.29 is 19.5 Å². The molecule has 8 nitrogen and oxygen atoms in total. The van der Waals surface area contributed by atoms with Crippen molar-refractivity contribution in [2.24, 2.45) is 10.9 Å². The van der Waals surface area contributed by atoms with Crippen LogP contribution in [0.5, 0.6) is 0 Å². The normalized spacial score (nSPS) is 11.0. The van der Waals surface area contributed by atoms with Crippen LogP contribution in [0, 0.1) is 0 Å². The Hall–Kier alpha value is -2.00. The summed E-state index contributed by atoms with van der Waals surface area (Å²) in [6, 6.07) is 0. The smallest absolute Gasteiger partial charge is 0.360 e. The SMILES string of the molecule is NCCO/N=C(/C(=O)O)c1csc(NC=O)n1. The molecule has 1 heterocycles. The van der Waals surface area contributed by atoms with E-state index in [1.165, 1.54) is 5.38 Å². The first-order valence-electron chi connectivity index (χ1n) is 4.48. The average Bonchev–Trinajstić information content (AvgIpc) is 2.73. The summed E-state index contributed by atoms with van der Waals surface area (Å²) in [5, 5.41) is 16.4. The van der Waals surface area contributed by atoms with Crippen LogP contribution in [0.4, 0.5) is 5.13 Å². The topological polar surface area (TPSA) is 127 Å². The fourth-order valence-electron chi connectivity index (χ4n) is 0.857. The number of carboxylic acids is 1. The van der Waals surface area contributed by atoms with Gasteiger partial charge in [0.25, 0.3) is 0 Å². The van der Waals surface area contributed by atoms with Gasteiger partial charge in [0.15, 0.2) is 5.13 Å². The van der Waals surface area contributed by atoms with E-state index in [4.69, 9.17) is 10.8 Å². The minimum atomic E-state index is -1.27. The van der Waals surface area contributed by atoms with E-state index in [-0.39, 0.29) is 29.7 Å². The molecule has 0 aliphatic heterocycles. The fraction of sp³-hybridized carbons (Fsp3) is 0.250. The summed E-state index contributed by atoms with van der Waals surface area (Å²) in [5.41, 5.74) is 4.94. The monoisotopic (exact) mass is 258 g/mol. The lowest BCUT2D eigenvalue weighted by atomic mass is 10.3. The minimum absolute atomic E-state index is 0.111. The van der Waals surface area contributed by atoms with Gasteiger partial charge < -0.3 is 21.0 Å².